The minimum absolute atomic E-state index is 0. The Labute approximate surface area is 157 Å². The van der Waals surface area contributed by atoms with E-state index in [1.807, 2.05) is 0 Å². The van der Waals surface area contributed by atoms with Crippen molar-refractivity contribution in [2.24, 2.45) is 4.99 Å². The van der Waals surface area contributed by atoms with Crippen molar-refractivity contribution >= 4 is 39.8 Å². The molecule has 1 aromatic rings. The van der Waals surface area contributed by atoms with Gasteiger partial charge >= 0.3 is 6.18 Å². The van der Waals surface area contributed by atoms with Crippen LogP contribution in [0.1, 0.15) is 17.5 Å². The van der Waals surface area contributed by atoms with Crippen LogP contribution in [0.4, 0.5) is 13.2 Å². The number of alkyl halides is 3. The molecule has 2 N–H and O–H groups in total. The number of sulfone groups is 1. The van der Waals surface area contributed by atoms with Crippen molar-refractivity contribution in [2.75, 3.05) is 19.8 Å². The highest BCUT2D eigenvalue weighted by molar-refractivity contribution is 14.0. The number of aryl methyl sites for hydroxylation is 1. The third-order valence-corrected chi connectivity index (χ3v) is 4.28. The first-order valence-corrected chi connectivity index (χ1v) is 8.73. The minimum Gasteiger partial charge on any atom is -0.356 e. The van der Waals surface area contributed by atoms with Gasteiger partial charge in [-0.1, -0.05) is 12.1 Å². The molecule has 0 heterocycles. The molecule has 0 bridgehead atoms. The van der Waals surface area contributed by atoms with Crippen molar-refractivity contribution in [3.05, 3.63) is 29.3 Å². The van der Waals surface area contributed by atoms with Gasteiger partial charge in [0.05, 0.1) is 11.3 Å². The number of nitrogens with zero attached hydrogens (tertiary/aromatic N) is 1. The fourth-order valence-corrected chi connectivity index (χ4v) is 2.93. The number of nitrogens with one attached hydrogen (secondary N) is 2. The summed E-state index contributed by atoms with van der Waals surface area (Å²) in [5.41, 5.74) is 1.42. The summed E-state index contributed by atoms with van der Waals surface area (Å²) < 4.78 is 59.4. The molecule has 0 spiro atoms. The maximum absolute atomic E-state index is 12.1. The van der Waals surface area contributed by atoms with Crippen LogP contribution in [0.15, 0.2) is 28.1 Å². The average molecular weight is 479 g/mol. The Morgan fingerprint density at radius 2 is 1.88 bits per heavy atom. The van der Waals surface area contributed by atoms with Crippen LogP contribution < -0.4 is 10.6 Å². The Hall–Kier alpha value is -1.04. The SMILES string of the molecule is CN=C(NCCC(F)(F)F)NCc1ccc(S(C)(=O)=O)c(C)c1.I. The molecule has 0 saturated heterocycles. The van der Waals surface area contributed by atoms with Crippen LogP contribution in [-0.4, -0.2) is 40.4 Å². The van der Waals surface area contributed by atoms with Crippen molar-refractivity contribution in [1.82, 2.24) is 10.6 Å². The first-order chi connectivity index (χ1) is 10.5. The molecule has 0 aliphatic heterocycles. The van der Waals surface area contributed by atoms with E-state index >= 15 is 0 Å². The van der Waals surface area contributed by atoms with Gasteiger partial charge in [0.15, 0.2) is 15.8 Å². The maximum Gasteiger partial charge on any atom is 0.390 e. The molecule has 0 saturated carbocycles. The zero-order valence-corrected chi connectivity index (χ0v) is 16.7. The molecular formula is C14H21F3IN3O2S. The van der Waals surface area contributed by atoms with Gasteiger partial charge in [-0.3, -0.25) is 4.99 Å². The van der Waals surface area contributed by atoms with Crippen molar-refractivity contribution in [3.8, 4) is 0 Å². The van der Waals surface area contributed by atoms with Gasteiger partial charge in [-0.25, -0.2) is 8.42 Å². The summed E-state index contributed by atoms with van der Waals surface area (Å²) in [7, 11) is -1.82. The molecular weight excluding hydrogens is 458 g/mol. The van der Waals surface area contributed by atoms with Gasteiger partial charge in [0, 0.05) is 26.4 Å². The fraction of sp³-hybridized carbons (Fsp3) is 0.500. The molecule has 0 atom stereocenters. The van der Waals surface area contributed by atoms with Crippen LogP contribution >= 0.6 is 24.0 Å². The van der Waals surface area contributed by atoms with Gasteiger partial charge in [-0.15, -0.1) is 24.0 Å². The number of hydrogen-bond acceptors (Lipinski definition) is 3. The summed E-state index contributed by atoms with van der Waals surface area (Å²) in [5.74, 6) is 0.249. The first kappa shape index (κ1) is 23.0. The van der Waals surface area contributed by atoms with Crippen molar-refractivity contribution in [2.45, 2.75) is 31.0 Å². The van der Waals surface area contributed by atoms with E-state index in [1.54, 1.807) is 19.1 Å². The number of guanidine groups is 1. The molecule has 5 nitrogen and oxygen atoms in total. The molecule has 138 valence electrons. The van der Waals surface area contributed by atoms with Crippen LogP contribution in [0.3, 0.4) is 0 Å². The number of halogens is 4. The highest BCUT2D eigenvalue weighted by Crippen LogP contribution is 2.18. The fourth-order valence-electron chi connectivity index (χ4n) is 1.97. The van der Waals surface area contributed by atoms with Crippen molar-refractivity contribution in [1.29, 1.82) is 0 Å². The van der Waals surface area contributed by atoms with Crippen LogP contribution in [-0.2, 0) is 16.4 Å². The lowest BCUT2D eigenvalue weighted by molar-refractivity contribution is -0.132. The number of rotatable bonds is 5. The lowest BCUT2D eigenvalue weighted by Gasteiger charge is -2.13. The molecule has 0 aliphatic carbocycles. The van der Waals surface area contributed by atoms with Crippen LogP contribution in [0.2, 0.25) is 0 Å². The topological polar surface area (TPSA) is 70.6 Å². The summed E-state index contributed by atoms with van der Waals surface area (Å²) in [6, 6.07) is 4.88. The lowest BCUT2D eigenvalue weighted by Crippen LogP contribution is -2.38. The molecule has 0 aromatic heterocycles. The maximum atomic E-state index is 12.1. The molecule has 10 heteroatoms. The van der Waals surface area contributed by atoms with Gasteiger partial charge in [-0.2, -0.15) is 13.2 Å². The van der Waals surface area contributed by atoms with E-state index in [-0.39, 0.29) is 41.4 Å². The second-order valence-electron chi connectivity index (χ2n) is 5.09. The number of benzene rings is 1. The summed E-state index contributed by atoms with van der Waals surface area (Å²) in [6.07, 6.45) is -4.03. The monoisotopic (exact) mass is 479 g/mol. The molecule has 0 radical (unpaired) electrons. The zero-order chi connectivity index (χ0) is 17.7. The molecule has 0 fully saturated rings. The highest BCUT2D eigenvalue weighted by Gasteiger charge is 2.26. The van der Waals surface area contributed by atoms with Crippen LogP contribution in [0.5, 0.6) is 0 Å². The van der Waals surface area contributed by atoms with Crippen LogP contribution in [0, 0.1) is 6.92 Å². The Morgan fingerprint density at radius 1 is 1.25 bits per heavy atom. The largest absolute Gasteiger partial charge is 0.390 e. The van der Waals surface area contributed by atoms with E-state index < -0.39 is 22.4 Å². The lowest BCUT2D eigenvalue weighted by atomic mass is 10.1. The van der Waals surface area contributed by atoms with Gasteiger partial charge in [0.25, 0.3) is 0 Å². The number of aliphatic imine (C=N–C) groups is 1. The molecule has 0 unspecified atom stereocenters. The van der Waals surface area contributed by atoms with E-state index in [4.69, 9.17) is 0 Å². The zero-order valence-electron chi connectivity index (χ0n) is 13.6. The Balaban J connectivity index is 0.00000529. The van der Waals surface area contributed by atoms with E-state index in [0.717, 1.165) is 11.8 Å². The molecule has 1 aromatic carbocycles. The standard InChI is InChI=1S/C14H20F3N3O2S.HI/c1-10-8-11(4-5-12(10)23(3,21)22)9-20-13(18-2)19-7-6-14(15,16)17;/h4-5,8H,6-7,9H2,1-3H3,(H2,18,19,20);1H. The highest BCUT2D eigenvalue weighted by atomic mass is 127. The predicted molar refractivity (Wildman–Crippen MR) is 98.6 cm³/mol. The second-order valence-corrected chi connectivity index (χ2v) is 7.07. The molecule has 24 heavy (non-hydrogen) atoms. The third kappa shape index (κ3) is 8.18. The normalized spacial score (nSPS) is 12.5. The molecule has 0 amide bonds. The second kappa shape index (κ2) is 9.44. The summed E-state index contributed by atoms with van der Waals surface area (Å²) in [5, 5.41) is 5.45. The summed E-state index contributed by atoms with van der Waals surface area (Å²) in [6.45, 7) is 1.74. The Bertz CT molecular complexity index is 676. The minimum atomic E-state index is -4.22. The Morgan fingerprint density at radius 3 is 2.33 bits per heavy atom. The van der Waals surface area contributed by atoms with Gasteiger partial charge < -0.3 is 10.6 Å². The molecule has 0 aliphatic rings. The third-order valence-electron chi connectivity index (χ3n) is 3.02. The first-order valence-electron chi connectivity index (χ1n) is 6.84. The quantitative estimate of drug-likeness (QED) is 0.387. The number of hydrogen-bond donors (Lipinski definition) is 2. The molecule has 1 rings (SSSR count). The van der Waals surface area contributed by atoms with Gasteiger partial charge in [-0.05, 0) is 24.1 Å². The van der Waals surface area contributed by atoms with Gasteiger partial charge in [0.1, 0.15) is 0 Å². The van der Waals surface area contributed by atoms with Gasteiger partial charge in [0.2, 0.25) is 0 Å². The van der Waals surface area contributed by atoms with Crippen LogP contribution in [0.25, 0.3) is 0 Å². The van der Waals surface area contributed by atoms with Crippen molar-refractivity contribution < 1.29 is 21.6 Å². The van der Waals surface area contributed by atoms with E-state index in [9.17, 15) is 21.6 Å². The van der Waals surface area contributed by atoms with E-state index in [0.29, 0.717) is 12.1 Å². The Kier molecular flexibility index (Phi) is 9.04. The average Bonchev–Trinajstić information content (AvgIpc) is 2.40. The summed E-state index contributed by atoms with van der Waals surface area (Å²) >= 11 is 0. The smallest absolute Gasteiger partial charge is 0.356 e. The van der Waals surface area contributed by atoms with Crippen molar-refractivity contribution in [3.63, 3.8) is 0 Å². The predicted octanol–water partition coefficient (Wildman–Crippen LogP) is 2.63. The van der Waals surface area contributed by atoms with E-state index in [2.05, 4.69) is 15.6 Å². The van der Waals surface area contributed by atoms with E-state index in [1.165, 1.54) is 13.1 Å². The summed E-state index contributed by atoms with van der Waals surface area (Å²) in [4.78, 5) is 4.09.